The molecule has 2 saturated carbocycles. The van der Waals surface area contributed by atoms with E-state index in [2.05, 4.69) is 22.9 Å². The summed E-state index contributed by atoms with van der Waals surface area (Å²) in [4.78, 5) is 25.9. The second-order valence-electron chi connectivity index (χ2n) is 9.80. The molecular formula is C20H21BrO6. The number of carbonyl (C=O) groups excluding carboxylic acids is 2. The maximum Gasteiger partial charge on any atom is 0.334 e. The number of fused-ring (bicyclic) bond motifs is 4. The number of rotatable bonds is 1. The molecule has 4 heterocycles. The predicted octanol–water partition coefficient (Wildman–Crippen LogP) is 1.83. The Bertz CT molecular complexity index is 912. The average molecular weight is 437 g/mol. The van der Waals surface area contributed by atoms with Gasteiger partial charge in [-0.25, -0.2) is 4.79 Å². The van der Waals surface area contributed by atoms with Gasteiger partial charge in [-0.15, -0.1) is 0 Å². The fourth-order valence-corrected chi connectivity index (χ4v) is 8.50. The maximum atomic E-state index is 13.7. The quantitative estimate of drug-likeness (QED) is 0.354. The highest BCUT2D eigenvalue weighted by Crippen LogP contribution is 2.83. The summed E-state index contributed by atoms with van der Waals surface area (Å²) in [7, 11) is 0. The van der Waals surface area contributed by atoms with Gasteiger partial charge in [0.2, 0.25) is 5.78 Å². The summed E-state index contributed by atoms with van der Waals surface area (Å²) in [5.41, 5.74) is -0.843. The van der Waals surface area contributed by atoms with Gasteiger partial charge in [-0.3, -0.25) is 4.79 Å². The zero-order valence-corrected chi connectivity index (χ0v) is 17.1. The van der Waals surface area contributed by atoms with E-state index in [0.29, 0.717) is 19.4 Å². The van der Waals surface area contributed by atoms with Crippen LogP contribution in [0.4, 0.5) is 0 Å². The first kappa shape index (κ1) is 16.1. The Morgan fingerprint density at radius 2 is 1.93 bits per heavy atom. The Balaban J connectivity index is 1.43. The number of hydrogen-bond donors (Lipinski definition) is 0. The lowest BCUT2D eigenvalue weighted by Gasteiger charge is -2.56. The normalized spacial score (nSPS) is 61.3. The van der Waals surface area contributed by atoms with Gasteiger partial charge in [0.15, 0.2) is 11.2 Å². The molecule has 6 nitrogen and oxygen atoms in total. The fourth-order valence-electron chi connectivity index (χ4n) is 7.36. The van der Waals surface area contributed by atoms with E-state index in [1.807, 2.05) is 13.8 Å². The molecule has 0 radical (unpaired) electrons. The van der Waals surface area contributed by atoms with E-state index < -0.39 is 21.1 Å². The van der Waals surface area contributed by atoms with Gasteiger partial charge in [0.05, 0.1) is 4.32 Å². The molecule has 0 N–H and O–H groups in total. The molecule has 27 heavy (non-hydrogen) atoms. The molecule has 3 saturated heterocycles. The second kappa shape index (κ2) is 3.95. The molecule has 8 atom stereocenters. The van der Waals surface area contributed by atoms with Crippen LogP contribution in [0.15, 0.2) is 11.1 Å². The molecule has 0 aromatic carbocycles. The van der Waals surface area contributed by atoms with Crippen molar-refractivity contribution in [2.24, 2.45) is 11.3 Å². The van der Waals surface area contributed by atoms with Gasteiger partial charge in [0, 0.05) is 11.0 Å². The van der Waals surface area contributed by atoms with Gasteiger partial charge in [0.1, 0.15) is 30.5 Å². The average Bonchev–Trinajstić information content (AvgIpc) is 3.49. The number of esters is 1. The topological polar surface area (TPSA) is 81.0 Å². The van der Waals surface area contributed by atoms with Crippen molar-refractivity contribution in [3.05, 3.63) is 11.1 Å². The highest BCUT2D eigenvalue weighted by molar-refractivity contribution is 9.10. The highest BCUT2D eigenvalue weighted by Gasteiger charge is 3.02. The van der Waals surface area contributed by atoms with Crippen LogP contribution in [0.3, 0.4) is 0 Å². The molecule has 2 spiro atoms. The fraction of sp³-hybridized carbons (Fsp3) is 0.800. The largest absolute Gasteiger partial charge is 0.458 e. The zero-order chi connectivity index (χ0) is 18.8. The van der Waals surface area contributed by atoms with Gasteiger partial charge >= 0.3 is 5.97 Å². The minimum atomic E-state index is -0.886. The van der Waals surface area contributed by atoms with E-state index >= 15 is 0 Å². The molecule has 3 aliphatic carbocycles. The van der Waals surface area contributed by atoms with Crippen molar-refractivity contribution in [1.29, 1.82) is 0 Å². The number of halogens is 1. The molecule has 7 rings (SSSR count). The third kappa shape index (κ3) is 1.23. The summed E-state index contributed by atoms with van der Waals surface area (Å²) in [6.07, 6.45) is 1.57. The van der Waals surface area contributed by atoms with Crippen LogP contribution < -0.4 is 0 Å². The lowest BCUT2D eigenvalue weighted by molar-refractivity contribution is -0.139. The number of ketones is 1. The van der Waals surface area contributed by atoms with Crippen molar-refractivity contribution < 1.29 is 28.5 Å². The highest BCUT2D eigenvalue weighted by atomic mass is 79.9. The Morgan fingerprint density at radius 1 is 1.15 bits per heavy atom. The Kier molecular flexibility index (Phi) is 2.36. The molecule has 0 aromatic heterocycles. The molecular weight excluding hydrogens is 416 g/mol. The molecule has 5 fully saturated rings. The number of Topliss-reactive ketones (excluding diaryl/α,β-unsaturated/α-hetero) is 1. The van der Waals surface area contributed by atoms with Crippen LogP contribution in [0.5, 0.6) is 0 Å². The van der Waals surface area contributed by atoms with Crippen molar-refractivity contribution in [3.63, 3.8) is 0 Å². The standard InChI is InChI=1S/C20H21BrO6/c1-8(2)18-12(26-18)13-20(27-13)16(3)5-4-9-10(7-24-14(9)22)17(16,21)6-11-19(20,25-11)15(18)23/h8,11-13H,4-7H2,1-3H3/t11-,12-,13-,16-,17+,18-,19+,20+/m0/s1. The van der Waals surface area contributed by atoms with Gasteiger partial charge in [-0.05, 0) is 30.8 Å². The Labute approximate surface area is 165 Å². The van der Waals surface area contributed by atoms with Gasteiger partial charge in [-0.2, -0.15) is 0 Å². The van der Waals surface area contributed by atoms with Crippen molar-refractivity contribution in [3.8, 4) is 0 Å². The van der Waals surface area contributed by atoms with Crippen LogP contribution >= 0.6 is 15.9 Å². The maximum absolute atomic E-state index is 13.7. The minimum Gasteiger partial charge on any atom is -0.458 e. The molecule has 7 aliphatic rings. The molecule has 0 aromatic rings. The molecule has 0 bridgehead atoms. The number of epoxide rings is 3. The number of ether oxygens (including phenoxy) is 4. The third-order valence-electron chi connectivity index (χ3n) is 8.92. The minimum absolute atomic E-state index is 0.0862. The summed E-state index contributed by atoms with van der Waals surface area (Å²) in [5.74, 6) is -0.0151. The zero-order valence-electron chi connectivity index (χ0n) is 15.5. The number of hydrogen-bond acceptors (Lipinski definition) is 6. The molecule has 144 valence electrons. The van der Waals surface area contributed by atoms with E-state index in [-0.39, 0.29) is 41.4 Å². The molecule has 0 unspecified atom stereocenters. The first-order chi connectivity index (χ1) is 12.7. The van der Waals surface area contributed by atoms with Gasteiger partial charge in [0.25, 0.3) is 0 Å². The van der Waals surface area contributed by atoms with Crippen LogP contribution in [0, 0.1) is 11.3 Å². The first-order valence-corrected chi connectivity index (χ1v) is 10.7. The SMILES string of the molecule is CC(C)[C@]12O[C@H]1[C@@H]1O[C@@]13[C@@]1(C)CCC4=C(COC4=O)[C@]1(Br)C[C@@H]1O[C@@]13C2=O. The number of cyclic esters (lactones) is 1. The van der Waals surface area contributed by atoms with Crippen LogP contribution in [-0.4, -0.2) is 57.8 Å². The number of carbonyl (C=O) groups is 2. The van der Waals surface area contributed by atoms with Crippen molar-refractivity contribution >= 4 is 27.7 Å². The van der Waals surface area contributed by atoms with Crippen molar-refractivity contribution in [2.75, 3.05) is 6.61 Å². The van der Waals surface area contributed by atoms with E-state index in [0.717, 1.165) is 17.6 Å². The van der Waals surface area contributed by atoms with Crippen molar-refractivity contribution in [1.82, 2.24) is 0 Å². The van der Waals surface area contributed by atoms with E-state index in [9.17, 15) is 9.59 Å². The summed E-state index contributed by atoms with van der Waals surface area (Å²) >= 11 is 4.04. The van der Waals surface area contributed by atoms with Crippen LogP contribution in [-0.2, 0) is 28.5 Å². The first-order valence-electron chi connectivity index (χ1n) is 9.87. The lowest BCUT2D eigenvalue weighted by Crippen LogP contribution is -2.71. The lowest BCUT2D eigenvalue weighted by atomic mass is 9.47. The van der Waals surface area contributed by atoms with E-state index in [1.54, 1.807) is 0 Å². The van der Waals surface area contributed by atoms with Crippen LogP contribution in [0.2, 0.25) is 0 Å². The van der Waals surface area contributed by atoms with E-state index in [1.165, 1.54) is 0 Å². The predicted molar refractivity (Wildman–Crippen MR) is 94.3 cm³/mol. The summed E-state index contributed by atoms with van der Waals surface area (Å²) < 4.78 is 23.7. The van der Waals surface area contributed by atoms with Gasteiger partial charge in [-0.1, -0.05) is 36.7 Å². The van der Waals surface area contributed by atoms with Crippen LogP contribution in [0.25, 0.3) is 0 Å². The smallest absolute Gasteiger partial charge is 0.334 e. The van der Waals surface area contributed by atoms with E-state index in [4.69, 9.17) is 18.9 Å². The van der Waals surface area contributed by atoms with Gasteiger partial charge < -0.3 is 18.9 Å². The summed E-state index contributed by atoms with van der Waals surface area (Å²) in [6.45, 7) is 6.60. The Hall–Kier alpha value is -0.760. The third-order valence-corrected chi connectivity index (χ3v) is 10.6. The summed E-state index contributed by atoms with van der Waals surface area (Å²) in [6, 6.07) is 0. The second-order valence-corrected chi connectivity index (χ2v) is 11.2. The number of alkyl halides is 1. The Morgan fingerprint density at radius 3 is 2.67 bits per heavy atom. The molecule has 0 amide bonds. The summed E-state index contributed by atoms with van der Waals surface area (Å²) in [5, 5.41) is 0. The monoisotopic (exact) mass is 436 g/mol. The van der Waals surface area contributed by atoms with Crippen molar-refractivity contribution in [2.45, 2.75) is 79.5 Å². The molecule has 4 aliphatic heterocycles. The van der Waals surface area contributed by atoms with Crippen LogP contribution in [0.1, 0.15) is 40.0 Å². The molecule has 7 heteroatoms.